The number of rotatable bonds is 13. The molecule has 2 N–H and O–H groups in total. The lowest BCUT2D eigenvalue weighted by Crippen LogP contribution is -2.49. The van der Waals surface area contributed by atoms with Gasteiger partial charge in [-0.3, -0.25) is 15.5 Å². The molecule has 2 aromatic rings. The Hall–Kier alpha value is -2.26. The third-order valence-electron chi connectivity index (χ3n) is 6.59. The fourth-order valence-electron chi connectivity index (χ4n) is 4.74. The number of nitro groups is 1. The molecule has 8 nitrogen and oxygen atoms in total. The zero-order chi connectivity index (χ0) is 24.5. The van der Waals surface area contributed by atoms with E-state index in [-0.39, 0.29) is 36.3 Å². The Morgan fingerprint density at radius 1 is 1.14 bits per heavy atom. The summed E-state index contributed by atoms with van der Waals surface area (Å²) in [5, 5.41) is 23.2. The maximum Gasteiger partial charge on any atom is 0.310 e. The summed E-state index contributed by atoms with van der Waals surface area (Å²) in [7, 11) is 3.36. The van der Waals surface area contributed by atoms with Gasteiger partial charge in [-0.2, -0.15) is 0 Å². The second-order valence-corrected chi connectivity index (χ2v) is 8.83. The minimum atomic E-state index is -0.547. The van der Waals surface area contributed by atoms with Crippen molar-refractivity contribution in [2.45, 2.75) is 64.3 Å². The molecule has 0 bridgehead atoms. The second-order valence-electron chi connectivity index (χ2n) is 8.83. The summed E-state index contributed by atoms with van der Waals surface area (Å²) in [6, 6.07) is 9.09. The zero-order valence-corrected chi connectivity index (χ0v) is 23.0. The van der Waals surface area contributed by atoms with Crippen molar-refractivity contribution in [2.75, 3.05) is 27.3 Å². The lowest BCUT2D eigenvalue weighted by atomic mass is 9.87. The molecule has 36 heavy (non-hydrogen) atoms. The van der Waals surface area contributed by atoms with Gasteiger partial charge in [0.15, 0.2) is 17.2 Å². The Kier molecular flexibility index (Phi) is 13.9. The van der Waals surface area contributed by atoms with E-state index in [1.165, 1.54) is 42.5 Å². The molecule has 0 heterocycles. The quantitative estimate of drug-likeness (QED) is 0.191. The van der Waals surface area contributed by atoms with Crippen molar-refractivity contribution in [1.29, 1.82) is 0 Å². The Morgan fingerprint density at radius 2 is 1.92 bits per heavy atom. The maximum absolute atomic E-state index is 11.1. The van der Waals surface area contributed by atoms with Crippen molar-refractivity contribution >= 4 is 30.5 Å². The summed E-state index contributed by atoms with van der Waals surface area (Å²) in [6.07, 6.45) is 8.27. The molecule has 0 aromatic heterocycles. The lowest BCUT2D eigenvalue weighted by Gasteiger charge is -2.36. The number of halogens is 2. The van der Waals surface area contributed by atoms with E-state index in [9.17, 15) is 15.2 Å². The van der Waals surface area contributed by atoms with Crippen molar-refractivity contribution in [1.82, 2.24) is 10.4 Å². The molecule has 1 aliphatic rings. The van der Waals surface area contributed by atoms with E-state index in [0.717, 1.165) is 49.3 Å². The van der Waals surface area contributed by atoms with Crippen LogP contribution < -0.4 is 14.9 Å². The van der Waals surface area contributed by atoms with E-state index in [4.69, 9.17) is 9.47 Å². The van der Waals surface area contributed by atoms with Crippen LogP contribution in [0.5, 0.6) is 17.2 Å². The monoisotopic (exact) mass is 543 g/mol. The van der Waals surface area contributed by atoms with Gasteiger partial charge in [0, 0.05) is 30.8 Å². The average molecular weight is 545 g/mol. The number of hydrogen-bond donors (Lipinski definition) is 2. The molecule has 0 spiro atoms. The highest BCUT2D eigenvalue weighted by Crippen LogP contribution is 2.38. The molecule has 3 rings (SSSR count). The van der Waals surface area contributed by atoms with Crippen molar-refractivity contribution in [3.8, 4) is 17.2 Å². The first-order chi connectivity index (χ1) is 16.5. The minimum absolute atomic E-state index is 0. The van der Waals surface area contributed by atoms with Crippen LogP contribution >= 0.6 is 24.8 Å². The molecule has 1 aliphatic carbocycles. The number of nitrogens with one attached hydrogen (secondary N) is 1. The Labute approximate surface area is 226 Å². The molecule has 2 aromatic carbocycles. The molecular weight excluding hydrogens is 505 g/mol. The van der Waals surface area contributed by atoms with Gasteiger partial charge in [-0.15, -0.1) is 24.8 Å². The molecule has 0 aliphatic heterocycles. The maximum atomic E-state index is 11.1. The second kappa shape index (κ2) is 15.8. The fraction of sp³-hybridized carbons (Fsp3) is 0.538. The first-order valence-corrected chi connectivity index (χ1v) is 12.2. The Bertz CT molecular complexity index is 977. The molecule has 0 amide bonds. The largest absolute Gasteiger partial charge is 0.502 e. The highest BCUT2D eigenvalue weighted by molar-refractivity contribution is 5.85. The van der Waals surface area contributed by atoms with E-state index >= 15 is 0 Å². The summed E-state index contributed by atoms with van der Waals surface area (Å²) in [5.41, 5.74) is 6.72. The molecule has 0 fully saturated rings. The summed E-state index contributed by atoms with van der Waals surface area (Å²) < 4.78 is 11.1. The number of ether oxygens (including phenoxy) is 2. The summed E-state index contributed by atoms with van der Waals surface area (Å²) in [5.74, 6) is 1.32. The smallest absolute Gasteiger partial charge is 0.310 e. The van der Waals surface area contributed by atoms with Crippen LogP contribution in [0.1, 0.15) is 55.7 Å². The van der Waals surface area contributed by atoms with E-state index < -0.39 is 4.92 Å². The number of phenols is 1. The molecule has 10 heteroatoms. The standard InChI is InChI=1S/C26H37N3O5.2ClH/c1-4-5-6-7-16-28(27-15-14-19-8-12-24(30)23(17-19)29(31)32)21-10-11-22-20(18-21)9-13-25(33-2)26(22)34-3;;/h8-9,12-13,17,21,27,30H,4-7,10-11,14-16,18H2,1-3H3;2*1H. The van der Waals surface area contributed by atoms with Crippen LogP contribution in [0, 0.1) is 10.1 Å². The molecule has 1 atom stereocenters. The number of nitrogens with zero attached hydrogens (tertiary/aromatic N) is 2. The lowest BCUT2D eigenvalue weighted by molar-refractivity contribution is -0.385. The first-order valence-electron chi connectivity index (χ1n) is 12.2. The number of benzene rings is 2. The number of unbranched alkanes of at least 4 members (excludes halogenated alkanes) is 3. The number of phenolic OH excluding ortho intramolecular Hbond substituents is 1. The van der Waals surface area contributed by atoms with Gasteiger partial charge in [0.25, 0.3) is 0 Å². The van der Waals surface area contributed by atoms with Crippen LogP contribution in [0.3, 0.4) is 0 Å². The number of methoxy groups -OCH3 is 2. The highest BCUT2D eigenvalue weighted by atomic mass is 35.5. The van der Waals surface area contributed by atoms with Gasteiger partial charge < -0.3 is 14.6 Å². The van der Waals surface area contributed by atoms with Crippen LogP contribution in [-0.2, 0) is 19.3 Å². The van der Waals surface area contributed by atoms with E-state index in [0.29, 0.717) is 19.0 Å². The van der Waals surface area contributed by atoms with Gasteiger partial charge >= 0.3 is 5.69 Å². The third-order valence-corrected chi connectivity index (χ3v) is 6.59. The van der Waals surface area contributed by atoms with Crippen molar-refractivity contribution in [3.05, 3.63) is 57.1 Å². The Balaban J connectivity index is 0.00000324. The predicted molar refractivity (Wildman–Crippen MR) is 147 cm³/mol. The highest BCUT2D eigenvalue weighted by Gasteiger charge is 2.27. The molecule has 0 radical (unpaired) electrons. The molecular formula is C26H39Cl2N3O5. The molecule has 1 unspecified atom stereocenters. The topological polar surface area (TPSA) is 97.1 Å². The Morgan fingerprint density at radius 3 is 2.58 bits per heavy atom. The van der Waals surface area contributed by atoms with Gasteiger partial charge in [-0.25, -0.2) is 5.01 Å². The zero-order valence-electron chi connectivity index (χ0n) is 21.3. The van der Waals surface area contributed by atoms with Gasteiger partial charge in [0.2, 0.25) is 0 Å². The van der Waals surface area contributed by atoms with Crippen molar-refractivity contribution in [2.24, 2.45) is 0 Å². The van der Waals surface area contributed by atoms with Crippen LogP contribution in [0.2, 0.25) is 0 Å². The first kappa shape index (κ1) is 31.8. The van der Waals surface area contributed by atoms with Crippen LogP contribution in [0.4, 0.5) is 5.69 Å². The predicted octanol–water partition coefficient (Wildman–Crippen LogP) is 5.65. The van der Waals surface area contributed by atoms with Crippen LogP contribution in [0.15, 0.2) is 30.3 Å². The normalized spacial score (nSPS) is 14.4. The molecule has 0 saturated carbocycles. The van der Waals surface area contributed by atoms with Crippen molar-refractivity contribution in [3.63, 3.8) is 0 Å². The van der Waals surface area contributed by atoms with Gasteiger partial charge in [0.05, 0.1) is 19.1 Å². The minimum Gasteiger partial charge on any atom is -0.502 e. The summed E-state index contributed by atoms with van der Waals surface area (Å²) >= 11 is 0. The van der Waals surface area contributed by atoms with Gasteiger partial charge in [-0.1, -0.05) is 38.3 Å². The number of hydrazine groups is 1. The summed E-state index contributed by atoms with van der Waals surface area (Å²) in [6.45, 7) is 3.85. The number of fused-ring (bicyclic) bond motifs is 1. The number of aromatic hydroxyl groups is 1. The molecule has 202 valence electrons. The number of nitro benzene ring substituents is 1. The van der Waals surface area contributed by atoms with Gasteiger partial charge in [-0.05, 0) is 55.4 Å². The van der Waals surface area contributed by atoms with E-state index in [1.54, 1.807) is 20.3 Å². The van der Waals surface area contributed by atoms with E-state index in [2.05, 4.69) is 23.4 Å². The third kappa shape index (κ3) is 8.13. The van der Waals surface area contributed by atoms with Crippen LogP contribution in [-0.4, -0.2) is 48.4 Å². The summed E-state index contributed by atoms with van der Waals surface area (Å²) in [4.78, 5) is 10.6. The SMILES string of the molecule is CCCCCCN(NCCc1ccc(O)c([N+](=O)[O-])c1)C1CCc2c(ccc(OC)c2OC)C1.Cl.Cl. The fourth-order valence-corrected chi connectivity index (χ4v) is 4.74. The molecule has 0 saturated heterocycles. The number of hydrogen-bond acceptors (Lipinski definition) is 7. The van der Waals surface area contributed by atoms with Crippen LogP contribution in [0.25, 0.3) is 0 Å². The van der Waals surface area contributed by atoms with Gasteiger partial charge in [0.1, 0.15) is 0 Å². The average Bonchev–Trinajstić information content (AvgIpc) is 2.85. The van der Waals surface area contributed by atoms with Crippen molar-refractivity contribution < 1.29 is 19.5 Å². The van der Waals surface area contributed by atoms with E-state index in [1.807, 2.05) is 6.07 Å².